The van der Waals surface area contributed by atoms with E-state index in [2.05, 4.69) is 25.9 Å². The van der Waals surface area contributed by atoms with Gasteiger partial charge in [-0.1, -0.05) is 52.3 Å². The number of pyridine rings is 2. The Balaban J connectivity index is 0.000000210. The van der Waals surface area contributed by atoms with Gasteiger partial charge in [-0.3, -0.25) is 19.6 Å². The van der Waals surface area contributed by atoms with Crippen molar-refractivity contribution in [2.45, 2.75) is 91.4 Å². The minimum Gasteiger partial charge on any atom is -0.468 e. The number of esters is 1. The molecule has 0 atom stereocenters. The number of fused-ring (bicyclic) bond motifs is 1. The number of hydrogen-bond acceptors (Lipinski definition) is 9. The van der Waals surface area contributed by atoms with Gasteiger partial charge in [-0.25, -0.2) is 0 Å². The maximum atomic E-state index is 12.0. The molecule has 2 aromatic carbocycles. The van der Waals surface area contributed by atoms with Crippen molar-refractivity contribution in [1.29, 1.82) is 0 Å². The molecule has 13 heteroatoms. The highest BCUT2D eigenvalue weighted by Crippen LogP contribution is 2.37. The molecule has 0 unspecified atom stereocenters. The highest BCUT2D eigenvalue weighted by atomic mass is 79.9. The van der Waals surface area contributed by atoms with Gasteiger partial charge in [0.2, 0.25) is 0 Å². The Kier molecular flexibility index (Phi) is 16.0. The number of nitrogens with zero attached hydrogens (tertiary/aromatic N) is 2. The maximum absolute atomic E-state index is 12.0. The van der Waals surface area contributed by atoms with Crippen molar-refractivity contribution >= 4 is 74.0 Å². The Labute approximate surface area is 337 Å². The summed E-state index contributed by atoms with van der Waals surface area (Å²) < 4.78 is 23.2. The van der Waals surface area contributed by atoms with Crippen LogP contribution in [-0.4, -0.2) is 46.6 Å². The van der Waals surface area contributed by atoms with Gasteiger partial charge in [0.05, 0.1) is 40.7 Å². The van der Waals surface area contributed by atoms with Crippen LogP contribution in [0.5, 0.6) is 0 Å². The number of hydrogen-bond donors (Lipinski definition) is 1. The third kappa shape index (κ3) is 11.5. The minimum absolute atomic E-state index is 0.265. The third-order valence-corrected chi connectivity index (χ3v) is 10.3. The van der Waals surface area contributed by atoms with E-state index in [0.717, 1.165) is 38.3 Å². The zero-order chi connectivity index (χ0) is 40.4. The molecule has 0 spiro atoms. The molecule has 0 radical (unpaired) electrons. The van der Waals surface area contributed by atoms with Gasteiger partial charge in [0.1, 0.15) is 17.0 Å². The minimum atomic E-state index is -0.714. The van der Waals surface area contributed by atoms with Crippen LogP contribution in [0.15, 0.2) is 87.9 Å². The molecule has 9 nitrogen and oxygen atoms in total. The van der Waals surface area contributed by atoms with Crippen molar-refractivity contribution in [2.24, 2.45) is 5.73 Å². The molecule has 0 amide bonds. The number of ether oxygens (including phenoxy) is 1. The van der Waals surface area contributed by atoms with Crippen molar-refractivity contribution in [3.8, 4) is 0 Å². The van der Waals surface area contributed by atoms with Gasteiger partial charge in [-0.2, -0.15) is 0 Å². The quantitative estimate of drug-likeness (QED) is 0.0771. The van der Waals surface area contributed by atoms with Crippen LogP contribution in [-0.2, 0) is 36.7 Å². The Morgan fingerprint density at radius 1 is 0.944 bits per heavy atom. The van der Waals surface area contributed by atoms with Crippen LogP contribution in [0, 0.1) is 20.8 Å². The van der Waals surface area contributed by atoms with Crippen LogP contribution in [0.2, 0.25) is 0 Å². The number of halogens is 3. The van der Waals surface area contributed by atoms with E-state index < -0.39 is 17.8 Å². The second-order valence-electron chi connectivity index (χ2n) is 14.1. The number of aryl methyl sites for hydroxylation is 2. The Hall–Kier alpha value is -3.58. The highest BCUT2D eigenvalue weighted by Gasteiger charge is 2.51. The Bertz CT molecular complexity index is 2020. The first kappa shape index (κ1) is 44.8. The van der Waals surface area contributed by atoms with Crippen LogP contribution in [0.25, 0.3) is 11.0 Å². The van der Waals surface area contributed by atoms with E-state index in [1.165, 1.54) is 12.7 Å². The molecule has 54 heavy (non-hydrogen) atoms. The standard InChI is InChI=1S/C17H25BO4.C11H9ClN2O.C7H8BrN.C6H7ClO/c1-15(2,14(19)20-7)12-9-8-10-13(11-12)18-21-16(3,4)17(5,6)22-18;1-6-7(2)14-8-4-3-5-13-10(8)9(6)11(12)15;8-7-3-1-6(5-9)2-4-7;1-5-2-3-6(4-7)8-5/h8-11H,1-7H3;3-5H,1-2H3;1-4H,5,9H2;2-3H,4H2,1H3. The molecule has 1 saturated heterocycles. The second-order valence-corrected chi connectivity index (χ2v) is 15.7. The number of alkyl halides is 1. The van der Waals surface area contributed by atoms with Crippen molar-refractivity contribution in [3.63, 3.8) is 0 Å². The summed E-state index contributed by atoms with van der Waals surface area (Å²) in [6.07, 6.45) is 1.63. The molecule has 2 N–H and O–H groups in total. The molecule has 0 aliphatic carbocycles. The van der Waals surface area contributed by atoms with Gasteiger partial charge >= 0.3 is 13.1 Å². The fraction of sp³-hybridized carbons (Fsp3) is 0.366. The number of benzene rings is 2. The molecule has 0 saturated carbocycles. The van der Waals surface area contributed by atoms with Crippen molar-refractivity contribution in [2.75, 3.05) is 7.11 Å². The first-order chi connectivity index (χ1) is 25.3. The van der Waals surface area contributed by atoms with Gasteiger partial charge in [-0.15, -0.1) is 11.6 Å². The lowest BCUT2D eigenvalue weighted by atomic mass is 9.75. The van der Waals surface area contributed by atoms with Crippen LogP contribution in [0.4, 0.5) is 0 Å². The molecular weight excluding hydrogens is 792 g/mol. The average Bonchev–Trinajstić information content (AvgIpc) is 3.66. The topological polar surface area (TPSA) is 127 Å². The van der Waals surface area contributed by atoms with E-state index in [1.807, 2.05) is 129 Å². The SMILES string of the molecule is COC(=O)C(C)(C)c1cccc(B2OC(C)(C)C(C)(C)O2)c1.Cc1ccc(CCl)o1.Cc1nc2cccnc2c(C(=O)Cl)c1C.NCc1ccc(Br)cc1. The molecule has 288 valence electrons. The van der Waals surface area contributed by atoms with Gasteiger partial charge in [0.15, 0.2) is 0 Å². The van der Waals surface area contributed by atoms with Crippen molar-refractivity contribution in [3.05, 3.63) is 123 Å². The predicted octanol–water partition coefficient (Wildman–Crippen LogP) is 9.30. The van der Waals surface area contributed by atoms with Crippen LogP contribution >= 0.6 is 39.1 Å². The molecule has 3 aromatic heterocycles. The second kappa shape index (κ2) is 19.3. The third-order valence-electron chi connectivity index (χ3n) is 9.33. The highest BCUT2D eigenvalue weighted by molar-refractivity contribution is 9.10. The van der Waals surface area contributed by atoms with Crippen LogP contribution in [0.3, 0.4) is 0 Å². The van der Waals surface area contributed by atoms with E-state index in [0.29, 0.717) is 29.0 Å². The van der Waals surface area contributed by atoms with E-state index in [9.17, 15) is 9.59 Å². The summed E-state index contributed by atoms with van der Waals surface area (Å²) in [6, 6.07) is 23.1. The molecule has 1 fully saturated rings. The Morgan fingerprint density at radius 2 is 1.57 bits per heavy atom. The summed E-state index contributed by atoms with van der Waals surface area (Å²) in [4.78, 5) is 31.8. The van der Waals surface area contributed by atoms with E-state index in [-0.39, 0.29) is 17.2 Å². The molecule has 5 aromatic rings. The summed E-state index contributed by atoms with van der Waals surface area (Å²) in [5.74, 6) is 1.96. The van der Waals surface area contributed by atoms with E-state index in [4.69, 9.17) is 47.4 Å². The maximum Gasteiger partial charge on any atom is 0.494 e. The zero-order valence-electron chi connectivity index (χ0n) is 32.6. The summed E-state index contributed by atoms with van der Waals surface area (Å²) in [5, 5.41) is -0.485. The Morgan fingerprint density at radius 3 is 2.07 bits per heavy atom. The summed E-state index contributed by atoms with van der Waals surface area (Å²) >= 11 is 14.3. The van der Waals surface area contributed by atoms with Gasteiger partial charge in [0, 0.05) is 22.9 Å². The lowest BCUT2D eigenvalue weighted by molar-refractivity contribution is -0.146. The predicted molar refractivity (Wildman–Crippen MR) is 221 cm³/mol. The van der Waals surface area contributed by atoms with Gasteiger partial charge in [-0.05, 0) is 132 Å². The molecule has 4 heterocycles. The number of rotatable bonds is 6. The molecule has 1 aliphatic rings. The number of aromatic nitrogens is 2. The zero-order valence-corrected chi connectivity index (χ0v) is 35.7. The largest absolute Gasteiger partial charge is 0.494 e. The van der Waals surface area contributed by atoms with E-state index in [1.54, 1.807) is 12.3 Å². The molecule has 1 aliphatic heterocycles. The van der Waals surface area contributed by atoms with Gasteiger partial charge in [0.25, 0.3) is 5.24 Å². The number of nitrogens with two attached hydrogens (primary N) is 1. The number of furan rings is 1. The van der Waals surface area contributed by atoms with Crippen molar-refractivity contribution < 1.29 is 28.1 Å². The lowest BCUT2D eigenvalue weighted by Gasteiger charge is -2.32. The average molecular weight is 841 g/mol. The van der Waals surface area contributed by atoms with Gasteiger partial charge < -0.3 is 24.2 Å². The fourth-order valence-electron chi connectivity index (χ4n) is 5.15. The lowest BCUT2D eigenvalue weighted by Crippen LogP contribution is -2.41. The summed E-state index contributed by atoms with van der Waals surface area (Å²) in [6.45, 7) is 18.0. The number of carbonyl (C=O) groups excluding carboxylic acids is 2. The number of methoxy groups -OCH3 is 1. The molecule has 0 bridgehead atoms. The van der Waals surface area contributed by atoms with E-state index >= 15 is 0 Å². The normalized spacial score (nSPS) is 14.1. The summed E-state index contributed by atoms with van der Waals surface area (Å²) in [5.41, 5.74) is 10.2. The van der Waals surface area contributed by atoms with Crippen molar-refractivity contribution in [1.82, 2.24) is 9.97 Å². The molecular formula is C41H49BBrCl2N3O6. The smallest absolute Gasteiger partial charge is 0.468 e. The molecule has 6 rings (SSSR count). The van der Waals surface area contributed by atoms with Crippen LogP contribution < -0.4 is 11.2 Å². The first-order valence-corrected chi connectivity index (χ1v) is 19.0. The fourth-order valence-corrected chi connectivity index (χ4v) is 5.79. The summed E-state index contributed by atoms with van der Waals surface area (Å²) in [7, 11) is 0.973. The first-order valence-electron chi connectivity index (χ1n) is 17.3. The number of carbonyl (C=O) groups is 2. The monoisotopic (exact) mass is 839 g/mol. The van der Waals surface area contributed by atoms with Crippen LogP contribution in [0.1, 0.15) is 85.8 Å².